The monoisotopic (exact) mass is 288 g/mol. The van der Waals surface area contributed by atoms with Crippen molar-refractivity contribution in [2.45, 2.75) is 39.4 Å². The zero-order valence-corrected chi connectivity index (χ0v) is 12.5. The molecule has 0 aliphatic heterocycles. The Morgan fingerprint density at radius 1 is 1.24 bits per heavy atom. The minimum absolute atomic E-state index is 0.0260. The van der Waals surface area contributed by atoms with Crippen molar-refractivity contribution in [1.29, 1.82) is 0 Å². The van der Waals surface area contributed by atoms with Gasteiger partial charge in [0.1, 0.15) is 12.9 Å². The normalized spacial score (nSPS) is 11.4. The van der Waals surface area contributed by atoms with E-state index in [0.717, 1.165) is 5.56 Å². The smallest absolute Gasteiger partial charge is 0.346 e. The molecule has 21 heavy (non-hydrogen) atoms. The summed E-state index contributed by atoms with van der Waals surface area (Å²) in [6.07, 6.45) is 1.40. The number of nitrogens with one attached hydrogen (secondary N) is 1. The third-order valence-corrected chi connectivity index (χ3v) is 3.02. The minimum atomic E-state index is -0.400. The lowest BCUT2D eigenvalue weighted by molar-refractivity contribution is -0.121. The van der Waals surface area contributed by atoms with Crippen LogP contribution in [0.25, 0.3) is 0 Å². The summed E-state index contributed by atoms with van der Waals surface area (Å²) < 4.78 is 2.68. The number of rotatable bonds is 4. The second-order valence-electron chi connectivity index (χ2n) is 5.89. The Balaban J connectivity index is 1.98. The second kappa shape index (κ2) is 5.95. The van der Waals surface area contributed by atoms with Gasteiger partial charge in [0.2, 0.25) is 5.91 Å². The first-order valence-corrected chi connectivity index (χ1v) is 6.83. The van der Waals surface area contributed by atoms with Crippen LogP contribution < -0.4 is 11.0 Å². The third kappa shape index (κ3) is 3.81. The fraction of sp³-hybridized carbons (Fsp3) is 0.400. The molecule has 2 rings (SSSR count). The second-order valence-corrected chi connectivity index (χ2v) is 5.89. The molecular formula is C15H20N4O2. The summed E-state index contributed by atoms with van der Waals surface area (Å²) in [5, 5.41) is 6.83. The average molecular weight is 288 g/mol. The average Bonchev–Trinajstić information content (AvgIpc) is 2.79. The molecule has 2 aromatic rings. The van der Waals surface area contributed by atoms with E-state index in [0.29, 0.717) is 6.54 Å². The maximum absolute atomic E-state index is 12.1. The molecule has 1 N–H and O–H groups in total. The van der Waals surface area contributed by atoms with Crippen LogP contribution in [0.3, 0.4) is 0 Å². The van der Waals surface area contributed by atoms with E-state index in [1.165, 1.54) is 15.6 Å². The highest BCUT2D eigenvalue weighted by Crippen LogP contribution is 2.07. The van der Waals surface area contributed by atoms with E-state index in [2.05, 4.69) is 10.4 Å². The van der Waals surface area contributed by atoms with Crippen molar-refractivity contribution < 1.29 is 4.79 Å². The van der Waals surface area contributed by atoms with E-state index < -0.39 is 5.54 Å². The van der Waals surface area contributed by atoms with Crippen LogP contribution in [0.2, 0.25) is 0 Å². The topological polar surface area (TPSA) is 68.9 Å². The number of amides is 1. The van der Waals surface area contributed by atoms with Crippen LogP contribution in [-0.2, 0) is 23.4 Å². The number of carbonyl (C=O) groups is 1. The van der Waals surface area contributed by atoms with Crippen LogP contribution in [0.5, 0.6) is 0 Å². The standard InChI is InChI=1S/C15H20N4O2/c1-15(2,3)19-14(21)18(11-17-19)10-13(20)16-9-12-7-5-4-6-8-12/h4-8,11H,9-10H2,1-3H3,(H,16,20). The molecule has 0 aliphatic carbocycles. The third-order valence-electron chi connectivity index (χ3n) is 3.02. The van der Waals surface area contributed by atoms with E-state index in [9.17, 15) is 9.59 Å². The molecule has 0 saturated carbocycles. The van der Waals surface area contributed by atoms with Crippen LogP contribution in [-0.4, -0.2) is 20.3 Å². The molecule has 112 valence electrons. The van der Waals surface area contributed by atoms with Crippen molar-refractivity contribution in [2.75, 3.05) is 0 Å². The van der Waals surface area contributed by atoms with Gasteiger partial charge in [-0.15, -0.1) is 0 Å². The molecule has 0 spiro atoms. The lowest BCUT2D eigenvalue weighted by Crippen LogP contribution is -2.38. The van der Waals surface area contributed by atoms with Crippen molar-refractivity contribution in [1.82, 2.24) is 19.7 Å². The zero-order chi connectivity index (χ0) is 15.5. The van der Waals surface area contributed by atoms with Gasteiger partial charge in [-0.25, -0.2) is 9.48 Å². The van der Waals surface area contributed by atoms with E-state index in [1.54, 1.807) is 0 Å². The van der Waals surface area contributed by atoms with Crippen molar-refractivity contribution in [3.05, 3.63) is 52.7 Å². The molecule has 0 fully saturated rings. The first-order valence-electron chi connectivity index (χ1n) is 6.83. The molecule has 0 bridgehead atoms. The lowest BCUT2D eigenvalue weighted by atomic mass is 10.1. The van der Waals surface area contributed by atoms with E-state index in [1.807, 2.05) is 51.1 Å². The first kappa shape index (κ1) is 15.0. The van der Waals surface area contributed by atoms with Gasteiger partial charge >= 0.3 is 5.69 Å². The summed E-state index contributed by atoms with van der Waals surface area (Å²) in [5.41, 5.74) is 0.337. The summed E-state index contributed by atoms with van der Waals surface area (Å²) in [6, 6.07) is 9.62. The Hall–Kier alpha value is -2.37. The summed E-state index contributed by atoms with van der Waals surface area (Å²) in [5.74, 6) is -0.214. The Kier molecular flexibility index (Phi) is 4.26. The molecule has 0 unspecified atom stereocenters. The molecule has 0 saturated heterocycles. The Bertz CT molecular complexity index is 665. The molecule has 1 amide bonds. The largest absolute Gasteiger partial charge is 0.350 e. The molecular weight excluding hydrogens is 268 g/mol. The van der Waals surface area contributed by atoms with Crippen LogP contribution in [0.15, 0.2) is 41.5 Å². The summed E-state index contributed by atoms with van der Waals surface area (Å²) >= 11 is 0. The lowest BCUT2D eigenvalue weighted by Gasteiger charge is -2.16. The van der Waals surface area contributed by atoms with Crippen molar-refractivity contribution >= 4 is 5.91 Å². The Labute approximate surface area is 123 Å². The molecule has 0 radical (unpaired) electrons. The van der Waals surface area contributed by atoms with Crippen molar-refractivity contribution in [3.8, 4) is 0 Å². The number of hydrogen-bond donors (Lipinski definition) is 1. The number of hydrogen-bond acceptors (Lipinski definition) is 3. The molecule has 0 atom stereocenters. The maximum Gasteiger partial charge on any atom is 0.346 e. The van der Waals surface area contributed by atoms with Crippen molar-refractivity contribution in [3.63, 3.8) is 0 Å². The predicted molar refractivity (Wildman–Crippen MR) is 79.8 cm³/mol. The molecule has 6 nitrogen and oxygen atoms in total. The molecule has 0 aliphatic rings. The van der Waals surface area contributed by atoms with Gasteiger partial charge in [0.25, 0.3) is 0 Å². The zero-order valence-electron chi connectivity index (χ0n) is 12.5. The molecule has 6 heteroatoms. The highest BCUT2D eigenvalue weighted by molar-refractivity contribution is 5.75. The Morgan fingerprint density at radius 2 is 1.90 bits per heavy atom. The van der Waals surface area contributed by atoms with Crippen LogP contribution in [0.4, 0.5) is 0 Å². The Morgan fingerprint density at radius 3 is 2.48 bits per heavy atom. The van der Waals surface area contributed by atoms with Crippen LogP contribution in [0.1, 0.15) is 26.3 Å². The van der Waals surface area contributed by atoms with Gasteiger partial charge < -0.3 is 5.32 Å². The van der Waals surface area contributed by atoms with Crippen LogP contribution in [0, 0.1) is 0 Å². The van der Waals surface area contributed by atoms with Gasteiger partial charge in [-0.05, 0) is 26.3 Å². The first-order chi connectivity index (χ1) is 9.88. The fourth-order valence-corrected chi connectivity index (χ4v) is 1.91. The van der Waals surface area contributed by atoms with E-state index in [4.69, 9.17) is 0 Å². The number of aromatic nitrogens is 3. The van der Waals surface area contributed by atoms with E-state index >= 15 is 0 Å². The molecule has 1 aromatic heterocycles. The molecule has 1 aromatic carbocycles. The summed E-state index contributed by atoms with van der Waals surface area (Å²) in [4.78, 5) is 24.0. The van der Waals surface area contributed by atoms with Gasteiger partial charge in [-0.2, -0.15) is 5.10 Å². The fourth-order valence-electron chi connectivity index (χ4n) is 1.91. The van der Waals surface area contributed by atoms with Gasteiger partial charge in [0.05, 0.1) is 5.54 Å². The summed E-state index contributed by atoms with van der Waals surface area (Å²) in [7, 11) is 0. The van der Waals surface area contributed by atoms with Crippen LogP contribution >= 0.6 is 0 Å². The molecule has 1 heterocycles. The van der Waals surface area contributed by atoms with Gasteiger partial charge in [0, 0.05) is 6.54 Å². The highest BCUT2D eigenvalue weighted by atomic mass is 16.2. The van der Waals surface area contributed by atoms with Gasteiger partial charge in [0.15, 0.2) is 0 Å². The maximum atomic E-state index is 12.1. The minimum Gasteiger partial charge on any atom is -0.350 e. The number of benzene rings is 1. The number of carbonyl (C=O) groups excluding carboxylic acids is 1. The SMILES string of the molecule is CC(C)(C)n1ncn(CC(=O)NCc2ccccc2)c1=O. The predicted octanol–water partition coefficient (Wildman–Crippen LogP) is 1.12. The quantitative estimate of drug-likeness (QED) is 0.916. The van der Waals surface area contributed by atoms with Gasteiger partial charge in [-0.1, -0.05) is 30.3 Å². The van der Waals surface area contributed by atoms with E-state index in [-0.39, 0.29) is 18.1 Å². The highest BCUT2D eigenvalue weighted by Gasteiger charge is 2.19. The van der Waals surface area contributed by atoms with Gasteiger partial charge in [-0.3, -0.25) is 9.36 Å². The van der Waals surface area contributed by atoms with Crippen molar-refractivity contribution in [2.24, 2.45) is 0 Å². The summed E-state index contributed by atoms with van der Waals surface area (Å²) in [6.45, 7) is 6.09. The number of nitrogens with zero attached hydrogens (tertiary/aromatic N) is 3.